The van der Waals surface area contributed by atoms with Crippen molar-refractivity contribution in [2.75, 3.05) is 23.4 Å². The third kappa shape index (κ3) is 3.82. The lowest BCUT2D eigenvalue weighted by atomic mass is 10.1. The van der Waals surface area contributed by atoms with Crippen LogP contribution in [0.2, 0.25) is 0 Å². The van der Waals surface area contributed by atoms with E-state index in [0.717, 1.165) is 36.6 Å². The van der Waals surface area contributed by atoms with Crippen molar-refractivity contribution < 1.29 is 13.2 Å². The van der Waals surface area contributed by atoms with Gasteiger partial charge in [0.1, 0.15) is 0 Å². The van der Waals surface area contributed by atoms with Gasteiger partial charge >= 0.3 is 6.18 Å². The third-order valence-electron chi connectivity index (χ3n) is 2.84. The highest BCUT2D eigenvalue weighted by Gasteiger charge is 2.31. The smallest absolute Gasteiger partial charge is 0.385 e. The number of halogens is 4. The maximum Gasteiger partial charge on any atom is 0.416 e. The lowest BCUT2D eigenvalue weighted by Gasteiger charge is -2.14. The molecule has 1 unspecified atom stereocenters. The molecule has 0 aromatic heterocycles. The van der Waals surface area contributed by atoms with Gasteiger partial charge in [0, 0.05) is 16.7 Å². The van der Waals surface area contributed by atoms with Crippen LogP contribution in [0.3, 0.4) is 0 Å². The number of alkyl halides is 3. The molecule has 1 fully saturated rings. The molecule has 1 heterocycles. The Balaban J connectivity index is 2.05. The fraction of sp³-hybridized carbons (Fsp3) is 0.500. The molecule has 1 aromatic carbocycles. The van der Waals surface area contributed by atoms with Gasteiger partial charge in [-0.3, -0.25) is 0 Å². The molecule has 2 rings (SSSR count). The van der Waals surface area contributed by atoms with E-state index in [0.29, 0.717) is 16.1 Å². The molecule has 0 bridgehead atoms. The first-order valence-corrected chi connectivity index (χ1v) is 7.59. The summed E-state index contributed by atoms with van der Waals surface area (Å²) in [7, 11) is 0. The Morgan fingerprint density at radius 1 is 1.33 bits per heavy atom. The molecule has 0 amide bonds. The molecule has 0 aliphatic carbocycles. The summed E-state index contributed by atoms with van der Waals surface area (Å²) in [5.41, 5.74) is -0.103. The molecular formula is C12H13BrF3NS. The molecule has 0 saturated carbocycles. The van der Waals surface area contributed by atoms with Gasteiger partial charge in [-0.05, 0) is 42.0 Å². The van der Waals surface area contributed by atoms with E-state index in [1.54, 1.807) is 6.07 Å². The minimum absolute atomic E-state index is 0.445. The lowest BCUT2D eigenvalue weighted by Crippen LogP contribution is -2.14. The molecular weight excluding hydrogens is 327 g/mol. The van der Waals surface area contributed by atoms with Gasteiger partial charge in [-0.2, -0.15) is 24.9 Å². The van der Waals surface area contributed by atoms with Crippen molar-refractivity contribution >= 4 is 33.4 Å². The number of thioether (sulfide) groups is 1. The Labute approximate surface area is 117 Å². The topological polar surface area (TPSA) is 12.0 Å². The highest BCUT2D eigenvalue weighted by molar-refractivity contribution is 9.10. The highest BCUT2D eigenvalue weighted by Crippen LogP contribution is 2.33. The maximum atomic E-state index is 12.6. The molecule has 1 nitrogen and oxygen atoms in total. The summed E-state index contributed by atoms with van der Waals surface area (Å²) in [5, 5.41) is 3.10. The fourth-order valence-electron chi connectivity index (χ4n) is 1.86. The summed E-state index contributed by atoms with van der Waals surface area (Å²) in [4.78, 5) is 0. The zero-order valence-electron chi connectivity index (χ0n) is 9.56. The second-order valence-electron chi connectivity index (χ2n) is 4.34. The van der Waals surface area contributed by atoms with E-state index in [9.17, 15) is 13.2 Å². The van der Waals surface area contributed by atoms with Crippen molar-refractivity contribution in [2.24, 2.45) is 5.92 Å². The van der Waals surface area contributed by atoms with Crippen LogP contribution in [-0.2, 0) is 6.18 Å². The van der Waals surface area contributed by atoms with Crippen molar-refractivity contribution in [1.29, 1.82) is 0 Å². The van der Waals surface area contributed by atoms with Gasteiger partial charge in [-0.15, -0.1) is 0 Å². The van der Waals surface area contributed by atoms with E-state index in [1.165, 1.54) is 0 Å². The molecule has 18 heavy (non-hydrogen) atoms. The van der Waals surface area contributed by atoms with Crippen LogP contribution in [-0.4, -0.2) is 18.1 Å². The van der Waals surface area contributed by atoms with E-state index in [2.05, 4.69) is 21.2 Å². The average molecular weight is 340 g/mol. The van der Waals surface area contributed by atoms with E-state index < -0.39 is 11.7 Å². The van der Waals surface area contributed by atoms with Crippen LogP contribution >= 0.6 is 27.7 Å². The van der Waals surface area contributed by atoms with Crippen LogP contribution in [0.4, 0.5) is 18.9 Å². The summed E-state index contributed by atoms with van der Waals surface area (Å²) >= 11 is 5.01. The Morgan fingerprint density at radius 2 is 2.11 bits per heavy atom. The summed E-state index contributed by atoms with van der Waals surface area (Å²) in [6, 6.07) is 3.93. The molecule has 1 atom stereocenters. The van der Waals surface area contributed by atoms with Crippen LogP contribution in [0.15, 0.2) is 22.7 Å². The number of hydrogen-bond acceptors (Lipinski definition) is 2. The molecule has 1 aromatic rings. The van der Waals surface area contributed by atoms with Crippen molar-refractivity contribution in [3.63, 3.8) is 0 Å². The third-order valence-corrected chi connectivity index (χ3v) is 4.53. The monoisotopic (exact) mass is 339 g/mol. The predicted molar refractivity (Wildman–Crippen MR) is 73.1 cm³/mol. The second kappa shape index (κ2) is 5.74. The number of nitrogens with one attached hydrogen (secondary N) is 1. The normalized spacial score (nSPS) is 20.1. The Kier molecular flexibility index (Phi) is 4.48. The highest BCUT2D eigenvalue weighted by atomic mass is 79.9. The van der Waals surface area contributed by atoms with Gasteiger partial charge < -0.3 is 5.32 Å². The average Bonchev–Trinajstić information content (AvgIpc) is 2.77. The van der Waals surface area contributed by atoms with Gasteiger partial charge in [-0.25, -0.2) is 0 Å². The zero-order valence-corrected chi connectivity index (χ0v) is 12.0. The molecule has 6 heteroatoms. The quantitative estimate of drug-likeness (QED) is 0.861. The molecule has 1 aliphatic rings. The van der Waals surface area contributed by atoms with Crippen molar-refractivity contribution in [3.8, 4) is 0 Å². The van der Waals surface area contributed by atoms with Crippen molar-refractivity contribution in [1.82, 2.24) is 0 Å². The Bertz CT molecular complexity index is 416. The van der Waals surface area contributed by atoms with E-state index in [1.807, 2.05) is 11.8 Å². The summed E-state index contributed by atoms with van der Waals surface area (Å²) in [6.45, 7) is 0.737. The molecule has 100 valence electrons. The van der Waals surface area contributed by atoms with Crippen LogP contribution in [0.5, 0.6) is 0 Å². The fourth-order valence-corrected chi connectivity index (χ4v) is 3.64. The largest absolute Gasteiger partial charge is 0.416 e. The summed E-state index contributed by atoms with van der Waals surface area (Å²) < 4.78 is 38.4. The van der Waals surface area contributed by atoms with Gasteiger partial charge in [0.25, 0.3) is 0 Å². The van der Waals surface area contributed by atoms with Crippen molar-refractivity contribution in [2.45, 2.75) is 12.6 Å². The first-order chi connectivity index (χ1) is 8.45. The molecule has 0 radical (unpaired) electrons. The van der Waals surface area contributed by atoms with Crippen molar-refractivity contribution in [3.05, 3.63) is 28.2 Å². The van der Waals surface area contributed by atoms with Gasteiger partial charge in [0.15, 0.2) is 0 Å². The second-order valence-corrected chi connectivity index (χ2v) is 6.40. The SMILES string of the molecule is FC(F)(F)c1cc(Br)cc(NCC2CCSC2)c1. The van der Waals surface area contributed by atoms with Crippen LogP contribution in [0, 0.1) is 5.92 Å². The summed E-state index contributed by atoms with van der Waals surface area (Å²) in [5.74, 6) is 2.80. The molecule has 0 spiro atoms. The number of anilines is 1. The number of rotatable bonds is 3. The number of hydrogen-bond donors (Lipinski definition) is 1. The summed E-state index contributed by atoms with van der Waals surface area (Å²) in [6.07, 6.45) is -3.17. The molecule has 1 N–H and O–H groups in total. The van der Waals surface area contributed by atoms with Gasteiger partial charge in [-0.1, -0.05) is 15.9 Å². The molecule has 1 saturated heterocycles. The van der Waals surface area contributed by atoms with Crippen LogP contribution in [0.1, 0.15) is 12.0 Å². The Hall–Kier alpha value is -0.360. The standard InChI is InChI=1S/C12H13BrF3NS/c13-10-3-9(12(14,15)16)4-11(5-10)17-6-8-1-2-18-7-8/h3-5,8,17H,1-2,6-7H2. The van der Waals surface area contributed by atoms with Gasteiger partial charge in [0.05, 0.1) is 5.56 Å². The maximum absolute atomic E-state index is 12.6. The van der Waals surface area contributed by atoms with E-state index in [-0.39, 0.29) is 0 Å². The van der Waals surface area contributed by atoms with E-state index in [4.69, 9.17) is 0 Å². The zero-order chi connectivity index (χ0) is 13.2. The van der Waals surface area contributed by atoms with Gasteiger partial charge in [0.2, 0.25) is 0 Å². The first kappa shape index (κ1) is 14.1. The predicted octanol–water partition coefficient (Wildman–Crippen LogP) is 4.63. The minimum atomic E-state index is -4.30. The van der Waals surface area contributed by atoms with Crippen LogP contribution in [0.25, 0.3) is 0 Å². The lowest BCUT2D eigenvalue weighted by molar-refractivity contribution is -0.137. The number of benzene rings is 1. The first-order valence-electron chi connectivity index (χ1n) is 5.64. The minimum Gasteiger partial charge on any atom is -0.385 e. The van der Waals surface area contributed by atoms with E-state index >= 15 is 0 Å². The van der Waals surface area contributed by atoms with Crippen LogP contribution < -0.4 is 5.32 Å². The Morgan fingerprint density at radius 3 is 2.72 bits per heavy atom. The molecule has 1 aliphatic heterocycles.